The van der Waals surface area contributed by atoms with E-state index >= 15 is 0 Å². The van der Waals surface area contributed by atoms with E-state index in [0.29, 0.717) is 31.1 Å². The molecule has 1 aromatic heterocycles. The summed E-state index contributed by atoms with van der Waals surface area (Å²) < 4.78 is 75.4. The zero-order chi connectivity index (χ0) is 37.2. The summed E-state index contributed by atoms with van der Waals surface area (Å²) in [4.78, 5) is -0.0665. The lowest BCUT2D eigenvalue weighted by atomic mass is 9.43. The summed E-state index contributed by atoms with van der Waals surface area (Å²) in [5, 5.41) is 24.6. The topological polar surface area (TPSA) is 150 Å². The number of aryl methyl sites for hydroxylation is 2. The Morgan fingerprint density at radius 3 is 2.06 bits per heavy atom. The van der Waals surface area contributed by atoms with Crippen molar-refractivity contribution in [1.82, 2.24) is 0 Å². The van der Waals surface area contributed by atoms with Crippen LogP contribution in [0.1, 0.15) is 88.3 Å². The fourth-order valence-corrected chi connectivity index (χ4v) is 12.5. The second-order valence-corrected chi connectivity index (χ2v) is 19.6. The van der Waals surface area contributed by atoms with Crippen LogP contribution < -0.4 is 0 Å². The zero-order valence-electron chi connectivity index (χ0n) is 30.5. The molecule has 2 aromatic carbocycles. The van der Waals surface area contributed by atoms with Crippen LogP contribution in [0.3, 0.4) is 0 Å². The van der Waals surface area contributed by atoms with Crippen molar-refractivity contribution in [1.29, 1.82) is 0 Å². The SMILES string of the molecule is Cc1ccc(S(=O)(=O)OCC(COC2CC[C@@]3(C)C(CC[C@@H]4[C@H]3CC[C@]3(C)C(O)(c5ccoc5)CC[C@@]43O)C2)OS(=O)(=O)c2ccc(C)cc2)cc1. The molecule has 4 saturated carbocycles. The Hall–Kier alpha value is -2.58. The maximum Gasteiger partial charge on any atom is 0.297 e. The van der Waals surface area contributed by atoms with Crippen molar-refractivity contribution in [2.24, 2.45) is 28.6 Å². The maximum atomic E-state index is 13.3. The van der Waals surface area contributed by atoms with E-state index < -0.39 is 49.6 Å². The molecule has 0 saturated heterocycles. The van der Waals surface area contributed by atoms with E-state index in [9.17, 15) is 27.0 Å². The third kappa shape index (κ3) is 6.39. The molecule has 7 rings (SSSR count). The Balaban J connectivity index is 1.04. The number of fused-ring (bicyclic) bond motifs is 5. The van der Waals surface area contributed by atoms with Crippen LogP contribution in [0.15, 0.2) is 81.3 Å². The van der Waals surface area contributed by atoms with Crippen molar-refractivity contribution in [3.8, 4) is 0 Å². The minimum Gasteiger partial charge on any atom is -0.472 e. The predicted octanol–water partition coefficient (Wildman–Crippen LogP) is 6.81. The van der Waals surface area contributed by atoms with E-state index in [1.165, 1.54) is 24.3 Å². The summed E-state index contributed by atoms with van der Waals surface area (Å²) in [5.41, 5.74) is -0.311. The molecule has 0 amide bonds. The Labute approximate surface area is 308 Å². The molecule has 0 spiro atoms. The molecule has 2 N–H and O–H groups in total. The van der Waals surface area contributed by atoms with Crippen molar-refractivity contribution in [2.45, 2.75) is 119 Å². The van der Waals surface area contributed by atoms with Gasteiger partial charge in [-0.05, 0) is 125 Å². The van der Waals surface area contributed by atoms with Gasteiger partial charge in [0.15, 0.2) is 0 Å². The minimum absolute atomic E-state index is 0.0217. The van der Waals surface area contributed by atoms with Crippen molar-refractivity contribution >= 4 is 20.2 Å². The predicted molar refractivity (Wildman–Crippen MR) is 193 cm³/mol. The first-order valence-corrected chi connectivity index (χ1v) is 21.4. The molecule has 0 radical (unpaired) electrons. The molecule has 12 heteroatoms. The second kappa shape index (κ2) is 13.6. The number of rotatable bonds is 11. The van der Waals surface area contributed by atoms with Crippen LogP contribution in [0.25, 0.3) is 0 Å². The third-order valence-electron chi connectivity index (χ3n) is 13.8. The minimum atomic E-state index is -4.25. The molecule has 10 nitrogen and oxygen atoms in total. The first-order chi connectivity index (χ1) is 24.5. The van der Waals surface area contributed by atoms with Crippen LogP contribution >= 0.6 is 0 Å². The maximum absolute atomic E-state index is 13.3. The van der Waals surface area contributed by atoms with Crippen LogP contribution in [0.5, 0.6) is 0 Å². The molecule has 4 aliphatic rings. The smallest absolute Gasteiger partial charge is 0.297 e. The van der Waals surface area contributed by atoms with Crippen LogP contribution in [0, 0.1) is 42.4 Å². The Kier molecular flexibility index (Phi) is 9.88. The van der Waals surface area contributed by atoms with Crippen LogP contribution in [-0.2, 0) is 38.9 Å². The highest BCUT2D eigenvalue weighted by molar-refractivity contribution is 7.87. The van der Waals surface area contributed by atoms with Gasteiger partial charge >= 0.3 is 0 Å². The highest BCUT2D eigenvalue weighted by Crippen LogP contribution is 2.71. The lowest BCUT2D eigenvalue weighted by Crippen LogP contribution is -2.64. The van der Waals surface area contributed by atoms with Crippen molar-refractivity contribution in [3.63, 3.8) is 0 Å². The van der Waals surface area contributed by atoms with E-state index in [-0.39, 0.29) is 33.8 Å². The lowest BCUT2D eigenvalue weighted by molar-refractivity contribution is -0.239. The van der Waals surface area contributed by atoms with Gasteiger partial charge < -0.3 is 19.4 Å². The summed E-state index contributed by atoms with van der Waals surface area (Å²) in [5.74, 6) is 0.708. The molecule has 284 valence electrons. The average molecular weight is 757 g/mol. The van der Waals surface area contributed by atoms with Gasteiger partial charge in [-0.15, -0.1) is 0 Å². The highest BCUT2D eigenvalue weighted by atomic mass is 32.2. The summed E-state index contributed by atoms with van der Waals surface area (Å²) in [7, 11) is -8.44. The molecule has 4 aliphatic carbocycles. The monoisotopic (exact) mass is 756 g/mol. The summed E-state index contributed by atoms with van der Waals surface area (Å²) >= 11 is 0. The molecular formula is C40H52O10S2. The first kappa shape index (κ1) is 37.7. The van der Waals surface area contributed by atoms with E-state index in [4.69, 9.17) is 17.5 Å². The summed E-state index contributed by atoms with van der Waals surface area (Å²) in [6.07, 6.45) is 8.67. The van der Waals surface area contributed by atoms with Crippen molar-refractivity contribution < 1.29 is 44.6 Å². The second-order valence-electron chi connectivity index (χ2n) is 16.4. The fourth-order valence-electron chi connectivity index (χ4n) is 10.5. The van der Waals surface area contributed by atoms with Crippen molar-refractivity contribution in [3.05, 3.63) is 83.8 Å². The Bertz CT molecular complexity index is 1950. The molecule has 0 aliphatic heterocycles. The lowest BCUT2D eigenvalue weighted by Gasteiger charge is -2.64. The normalized spacial score (nSPS) is 35.3. The van der Waals surface area contributed by atoms with Crippen molar-refractivity contribution in [2.75, 3.05) is 13.2 Å². The number of furan rings is 1. The molecule has 52 heavy (non-hydrogen) atoms. The Morgan fingerprint density at radius 1 is 0.769 bits per heavy atom. The largest absolute Gasteiger partial charge is 0.472 e. The van der Waals surface area contributed by atoms with Gasteiger partial charge in [-0.2, -0.15) is 16.8 Å². The highest BCUT2D eigenvalue weighted by Gasteiger charge is 2.72. The number of benzene rings is 2. The van der Waals surface area contributed by atoms with Crippen LogP contribution in [0.4, 0.5) is 0 Å². The van der Waals surface area contributed by atoms with Gasteiger partial charge in [0, 0.05) is 11.0 Å². The third-order valence-corrected chi connectivity index (χ3v) is 16.4. The molecular weight excluding hydrogens is 705 g/mol. The van der Waals surface area contributed by atoms with E-state index in [0.717, 1.165) is 55.2 Å². The van der Waals surface area contributed by atoms with Gasteiger partial charge in [0.1, 0.15) is 11.7 Å². The number of ether oxygens (including phenoxy) is 1. The van der Waals surface area contributed by atoms with E-state index in [2.05, 4.69) is 13.8 Å². The van der Waals surface area contributed by atoms with Crippen LogP contribution in [-0.4, -0.2) is 58.1 Å². The Morgan fingerprint density at radius 2 is 1.42 bits per heavy atom. The van der Waals surface area contributed by atoms with Gasteiger partial charge in [-0.1, -0.05) is 49.2 Å². The van der Waals surface area contributed by atoms with Gasteiger partial charge in [0.25, 0.3) is 20.2 Å². The van der Waals surface area contributed by atoms with E-state index in [1.54, 1.807) is 36.8 Å². The van der Waals surface area contributed by atoms with Gasteiger partial charge in [-0.25, -0.2) is 0 Å². The quantitative estimate of drug-likeness (QED) is 0.200. The van der Waals surface area contributed by atoms with Gasteiger partial charge in [0.2, 0.25) is 0 Å². The molecule has 4 fully saturated rings. The molecule has 4 unspecified atom stereocenters. The standard InChI is InChI=1S/C40H52O10S2/c1-27-5-10-33(11-6-27)51(43,44)49-26-32(50-52(45,46)34-12-7-28(2)8-13-34)25-48-31-15-18-37(3)29(23-31)9-14-36-35(37)16-19-38(4)39(41,20-21-40(36,38)42)30-17-22-47-24-30/h5-8,10-13,17,22,24,29,31-32,35-36,41-42H,9,14-16,18-21,23,25-26H2,1-4H3/t29?,31?,32?,35-,36-,37+,38-,39?,40-/m1/s1. The first-order valence-electron chi connectivity index (χ1n) is 18.6. The molecule has 3 aromatic rings. The fraction of sp³-hybridized carbons (Fsp3) is 0.600. The molecule has 9 atom stereocenters. The van der Waals surface area contributed by atoms with Gasteiger partial charge in [0.05, 0.1) is 47.2 Å². The van der Waals surface area contributed by atoms with Crippen LogP contribution in [0.2, 0.25) is 0 Å². The summed E-state index contributed by atoms with van der Waals surface area (Å²) in [6, 6.07) is 14.3. The van der Waals surface area contributed by atoms with Gasteiger partial charge in [-0.3, -0.25) is 8.37 Å². The molecule has 0 bridgehead atoms. The van der Waals surface area contributed by atoms with E-state index in [1.807, 2.05) is 19.9 Å². The summed E-state index contributed by atoms with van der Waals surface area (Å²) in [6.45, 7) is 7.42. The number of hydrogen-bond donors (Lipinski definition) is 2. The number of hydrogen-bond acceptors (Lipinski definition) is 10. The number of aliphatic hydroxyl groups is 2. The molecule has 1 heterocycles. The zero-order valence-corrected chi connectivity index (χ0v) is 32.1. The average Bonchev–Trinajstić information content (AvgIpc) is 3.73.